The van der Waals surface area contributed by atoms with Gasteiger partial charge in [-0.15, -0.1) is 0 Å². The Hall–Kier alpha value is -2.88. The molecule has 10 heteroatoms. The van der Waals surface area contributed by atoms with Crippen LogP contribution in [0, 0.1) is 10.1 Å². The summed E-state index contributed by atoms with van der Waals surface area (Å²) >= 11 is 4.13. The zero-order valence-electron chi connectivity index (χ0n) is 15.8. The first-order valence-electron chi connectivity index (χ1n) is 8.79. The van der Waals surface area contributed by atoms with Crippen molar-refractivity contribution in [1.29, 1.82) is 0 Å². The second-order valence-corrected chi connectivity index (χ2v) is 6.26. The van der Waals surface area contributed by atoms with Crippen molar-refractivity contribution in [3.05, 3.63) is 51.3 Å². The Morgan fingerprint density at radius 1 is 1.32 bits per heavy atom. The number of nitrogen functional groups attached to an aromatic ring is 1. The van der Waals surface area contributed by atoms with Crippen molar-refractivity contribution in [1.82, 2.24) is 9.97 Å². The van der Waals surface area contributed by atoms with E-state index >= 15 is 0 Å². The van der Waals surface area contributed by atoms with Crippen molar-refractivity contribution < 1.29 is 14.5 Å². The minimum absolute atomic E-state index is 0.0310. The first kappa shape index (κ1) is 21.4. The van der Waals surface area contributed by atoms with Crippen LogP contribution in [0.15, 0.2) is 24.3 Å². The minimum Gasteiger partial charge on any atom is -0.465 e. The fraction of sp³-hybridized carbons (Fsp3) is 0.389. The zero-order valence-corrected chi connectivity index (χ0v) is 16.7. The van der Waals surface area contributed by atoms with Crippen molar-refractivity contribution in [2.24, 2.45) is 0 Å². The van der Waals surface area contributed by atoms with Gasteiger partial charge in [-0.05, 0) is 24.5 Å². The van der Waals surface area contributed by atoms with Crippen LogP contribution in [0.4, 0.5) is 17.3 Å². The number of benzene rings is 1. The molecule has 0 bridgehead atoms. The molecular weight excluding hydrogens is 382 g/mol. The number of rotatable bonds is 9. The molecule has 0 saturated heterocycles. The summed E-state index contributed by atoms with van der Waals surface area (Å²) in [6, 6.07) is 7.75. The third kappa shape index (κ3) is 5.32. The van der Waals surface area contributed by atoms with E-state index in [1.54, 1.807) is 6.92 Å². The van der Waals surface area contributed by atoms with Gasteiger partial charge in [-0.3, -0.25) is 14.9 Å². The molecule has 0 radical (unpaired) electrons. The van der Waals surface area contributed by atoms with E-state index in [2.05, 4.69) is 22.6 Å². The highest BCUT2D eigenvalue weighted by Crippen LogP contribution is 2.32. The van der Waals surface area contributed by atoms with E-state index in [1.807, 2.05) is 31.2 Å². The van der Waals surface area contributed by atoms with Gasteiger partial charge in [0.05, 0.1) is 17.3 Å². The molecule has 1 aromatic carbocycles. The predicted molar refractivity (Wildman–Crippen MR) is 109 cm³/mol. The van der Waals surface area contributed by atoms with E-state index in [0.29, 0.717) is 0 Å². The van der Waals surface area contributed by atoms with Crippen LogP contribution < -0.4 is 10.6 Å². The van der Waals surface area contributed by atoms with Crippen molar-refractivity contribution in [2.45, 2.75) is 32.6 Å². The summed E-state index contributed by atoms with van der Waals surface area (Å²) in [6.45, 7) is 3.93. The van der Waals surface area contributed by atoms with E-state index < -0.39 is 16.6 Å². The number of hydrogen-bond donors (Lipinski definition) is 2. The Labute approximate surface area is 168 Å². The number of aryl methyl sites for hydroxylation is 1. The van der Waals surface area contributed by atoms with Crippen molar-refractivity contribution in [3.8, 4) is 0 Å². The van der Waals surface area contributed by atoms with Gasteiger partial charge in [0.1, 0.15) is 12.4 Å². The zero-order chi connectivity index (χ0) is 20.7. The molecule has 9 nitrogen and oxygen atoms in total. The highest BCUT2D eigenvalue weighted by atomic mass is 32.1. The van der Waals surface area contributed by atoms with E-state index in [9.17, 15) is 14.9 Å². The molecule has 150 valence electrons. The maximum absolute atomic E-state index is 12.1. The summed E-state index contributed by atoms with van der Waals surface area (Å²) in [7, 11) is 0. The lowest BCUT2D eigenvalue weighted by Crippen LogP contribution is -2.32. The van der Waals surface area contributed by atoms with Gasteiger partial charge in [-0.2, -0.15) is 12.6 Å². The summed E-state index contributed by atoms with van der Waals surface area (Å²) in [4.78, 5) is 32.7. The summed E-state index contributed by atoms with van der Waals surface area (Å²) in [5.41, 5.74) is 7.34. The summed E-state index contributed by atoms with van der Waals surface area (Å²) < 4.78 is 5.02. The Balaban J connectivity index is 2.52. The average molecular weight is 405 g/mol. The normalized spacial score (nSPS) is 10.5. The van der Waals surface area contributed by atoms with Crippen LogP contribution in [0.2, 0.25) is 0 Å². The molecule has 0 amide bonds. The molecular formula is C18H23N5O4S. The van der Waals surface area contributed by atoms with Gasteiger partial charge >= 0.3 is 11.7 Å². The number of nitrogens with two attached hydrogens (primary N) is 1. The van der Waals surface area contributed by atoms with Crippen LogP contribution in [0.5, 0.6) is 0 Å². The van der Waals surface area contributed by atoms with E-state index in [1.165, 1.54) is 4.90 Å². The molecule has 0 saturated carbocycles. The lowest BCUT2D eigenvalue weighted by molar-refractivity contribution is -0.383. The summed E-state index contributed by atoms with van der Waals surface area (Å²) in [5, 5.41) is 11.6. The lowest BCUT2D eigenvalue weighted by atomic mass is 10.1. The second-order valence-electron chi connectivity index (χ2n) is 5.95. The van der Waals surface area contributed by atoms with Crippen molar-refractivity contribution >= 4 is 35.9 Å². The Kier molecular flexibility index (Phi) is 7.56. The van der Waals surface area contributed by atoms with Gasteiger partial charge in [0.25, 0.3) is 0 Å². The van der Waals surface area contributed by atoms with E-state index in [-0.39, 0.29) is 42.9 Å². The van der Waals surface area contributed by atoms with Crippen LogP contribution in [0.25, 0.3) is 0 Å². The molecule has 1 aromatic heterocycles. The maximum Gasteiger partial charge on any atom is 0.353 e. The van der Waals surface area contributed by atoms with Gasteiger partial charge in [-0.25, -0.2) is 9.97 Å². The highest BCUT2D eigenvalue weighted by Gasteiger charge is 2.29. The quantitative estimate of drug-likeness (QED) is 0.282. The highest BCUT2D eigenvalue weighted by molar-refractivity contribution is 7.79. The number of aromatic nitrogens is 2. The van der Waals surface area contributed by atoms with Crippen LogP contribution in [0.3, 0.4) is 0 Å². The molecule has 0 aliphatic carbocycles. The standard InChI is InChI=1S/C18H23N5O4S/c1-3-12-6-5-7-13(8-12)9-22(10-15(24)27-4-2)18-16(23(25)26)17(19)20-14(11-28)21-18/h5-8,28H,3-4,9-11H2,1-2H3,(H2,19,20,21). The largest absolute Gasteiger partial charge is 0.465 e. The Morgan fingerprint density at radius 2 is 2.04 bits per heavy atom. The third-order valence-electron chi connectivity index (χ3n) is 3.96. The van der Waals surface area contributed by atoms with E-state index in [0.717, 1.165) is 17.5 Å². The number of esters is 1. The van der Waals surface area contributed by atoms with Crippen LogP contribution >= 0.6 is 12.6 Å². The monoisotopic (exact) mass is 405 g/mol. The fourth-order valence-electron chi connectivity index (χ4n) is 2.71. The molecule has 0 aliphatic heterocycles. The first-order chi connectivity index (χ1) is 13.4. The average Bonchev–Trinajstić information content (AvgIpc) is 2.66. The van der Waals surface area contributed by atoms with Crippen molar-refractivity contribution in [2.75, 3.05) is 23.8 Å². The number of ether oxygens (including phenoxy) is 1. The van der Waals surface area contributed by atoms with Gasteiger partial charge in [0, 0.05) is 6.54 Å². The molecule has 2 rings (SSSR count). The number of nitrogens with zero attached hydrogens (tertiary/aromatic N) is 4. The van der Waals surface area contributed by atoms with Crippen LogP contribution in [-0.2, 0) is 28.2 Å². The number of carbonyl (C=O) groups excluding carboxylic acids is 1. The number of thiol groups is 1. The van der Waals surface area contributed by atoms with Gasteiger partial charge in [0.2, 0.25) is 11.6 Å². The summed E-state index contributed by atoms with van der Waals surface area (Å²) in [6.07, 6.45) is 0.843. The molecule has 0 unspecified atom stereocenters. The van der Waals surface area contributed by atoms with Crippen LogP contribution in [0.1, 0.15) is 30.8 Å². The molecule has 2 N–H and O–H groups in total. The van der Waals surface area contributed by atoms with Crippen LogP contribution in [-0.4, -0.2) is 34.0 Å². The number of nitro groups is 1. The predicted octanol–water partition coefficient (Wildman–Crippen LogP) is 2.53. The molecule has 0 fully saturated rings. The number of carbonyl (C=O) groups is 1. The molecule has 1 heterocycles. The first-order valence-corrected chi connectivity index (χ1v) is 9.42. The molecule has 0 atom stereocenters. The lowest BCUT2D eigenvalue weighted by Gasteiger charge is -2.23. The van der Waals surface area contributed by atoms with Gasteiger partial charge < -0.3 is 15.4 Å². The topological polar surface area (TPSA) is 124 Å². The Morgan fingerprint density at radius 3 is 2.64 bits per heavy atom. The smallest absolute Gasteiger partial charge is 0.353 e. The van der Waals surface area contributed by atoms with Crippen molar-refractivity contribution in [3.63, 3.8) is 0 Å². The summed E-state index contributed by atoms with van der Waals surface area (Å²) in [5.74, 6) is -0.439. The molecule has 28 heavy (non-hydrogen) atoms. The SMILES string of the molecule is CCOC(=O)CN(Cc1cccc(CC)c1)c1nc(CS)nc(N)c1[N+](=O)[O-]. The molecule has 0 spiro atoms. The van der Waals surface area contributed by atoms with E-state index in [4.69, 9.17) is 10.5 Å². The second kappa shape index (κ2) is 9.88. The van der Waals surface area contributed by atoms with Gasteiger partial charge in [0.15, 0.2) is 0 Å². The fourth-order valence-corrected chi connectivity index (χ4v) is 2.85. The maximum atomic E-state index is 12.1. The minimum atomic E-state index is -0.645. The number of anilines is 2. The third-order valence-corrected chi connectivity index (χ3v) is 4.24. The number of hydrogen-bond acceptors (Lipinski definition) is 9. The molecule has 2 aromatic rings. The van der Waals surface area contributed by atoms with Gasteiger partial charge in [-0.1, -0.05) is 31.2 Å². The molecule has 0 aliphatic rings. The Bertz CT molecular complexity index is 862.